The quantitative estimate of drug-likeness (QED) is 0.878. The summed E-state index contributed by atoms with van der Waals surface area (Å²) in [5.74, 6) is 1.77. The second kappa shape index (κ2) is 5.50. The number of rotatable bonds is 2. The predicted molar refractivity (Wildman–Crippen MR) is 75.9 cm³/mol. The summed E-state index contributed by atoms with van der Waals surface area (Å²) in [7, 11) is 0. The number of phenolic OH excluding ortho intramolecular Hbond substituents is 1. The molecule has 0 radical (unpaired) electrons. The molecular weight excluding hydrogens is 246 g/mol. The molecule has 1 saturated heterocycles. The van der Waals surface area contributed by atoms with Crippen molar-refractivity contribution in [2.24, 2.45) is 11.8 Å². The minimum absolute atomic E-state index is 0.345. The summed E-state index contributed by atoms with van der Waals surface area (Å²) in [5, 5.41) is 10.6. The maximum Gasteiger partial charge on any atom is 0.120 e. The predicted octanol–water partition coefficient (Wildman–Crippen LogP) is 3.91. The topological polar surface area (TPSA) is 23.5 Å². The number of phenols is 1. The van der Waals surface area contributed by atoms with Crippen molar-refractivity contribution in [3.63, 3.8) is 0 Å². The van der Waals surface area contributed by atoms with Gasteiger partial charge in [-0.1, -0.05) is 25.4 Å². The van der Waals surface area contributed by atoms with Gasteiger partial charge in [-0.2, -0.15) is 0 Å². The maximum atomic E-state index is 9.90. The molecule has 1 aliphatic heterocycles. The van der Waals surface area contributed by atoms with E-state index in [0.717, 1.165) is 24.6 Å². The summed E-state index contributed by atoms with van der Waals surface area (Å²) in [6.45, 7) is 8.76. The highest BCUT2D eigenvalue weighted by atomic mass is 35.5. The molecule has 0 amide bonds. The third-order valence-electron chi connectivity index (χ3n) is 4.13. The minimum atomic E-state index is 0.345. The van der Waals surface area contributed by atoms with E-state index in [0.29, 0.717) is 22.7 Å². The van der Waals surface area contributed by atoms with Crippen LogP contribution in [0.3, 0.4) is 0 Å². The highest BCUT2D eigenvalue weighted by Crippen LogP contribution is 2.30. The number of likely N-dealkylation sites (tertiary alicyclic amines) is 1. The number of benzene rings is 1. The van der Waals surface area contributed by atoms with E-state index in [2.05, 4.69) is 25.7 Å². The van der Waals surface area contributed by atoms with Crippen LogP contribution in [-0.2, 0) is 6.54 Å². The minimum Gasteiger partial charge on any atom is -0.508 e. The molecule has 2 rings (SSSR count). The van der Waals surface area contributed by atoms with Crippen LogP contribution in [-0.4, -0.2) is 22.6 Å². The van der Waals surface area contributed by atoms with Crippen LogP contribution < -0.4 is 0 Å². The number of aromatic hydroxyl groups is 1. The molecule has 18 heavy (non-hydrogen) atoms. The van der Waals surface area contributed by atoms with Gasteiger partial charge in [-0.15, -0.1) is 0 Å². The zero-order valence-corrected chi connectivity index (χ0v) is 12.1. The highest BCUT2D eigenvalue weighted by molar-refractivity contribution is 6.30. The van der Waals surface area contributed by atoms with Crippen molar-refractivity contribution in [2.75, 3.05) is 6.54 Å². The Morgan fingerprint density at radius 1 is 1.33 bits per heavy atom. The van der Waals surface area contributed by atoms with Crippen molar-refractivity contribution >= 4 is 11.6 Å². The Labute approximate surface area is 115 Å². The number of hydrogen-bond acceptors (Lipinski definition) is 2. The Hall–Kier alpha value is -0.730. The van der Waals surface area contributed by atoms with E-state index in [4.69, 9.17) is 11.6 Å². The van der Waals surface area contributed by atoms with E-state index >= 15 is 0 Å². The molecule has 3 heteroatoms. The lowest BCUT2D eigenvalue weighted by atomic mass is 9.86. The molecule has 1 aromatic carbocycles. The van der Waals surface area contributed by atoms with E-state index in [1.165, 1.54) is 6.42 Å². The lowest BCUT2D eigenvalue weighted by Gasteiger charge is -2.41. The van der Waals surface area contributed by atoms with Crippen LogP contribution in [0.4, 0.5) is 0 Å². The molecule has 1 heterocycles. The van der Waals surface area contributed by atoms with Gasteiger partial charge in [0, 0.05) is 29.7 Å². The van der Waals surface area contributed by atoms with Gasteiger partial charge in [-0.3, -0.25) is 4.90 Å². The first kappa shape index (κ1) is 13.7. The highest BCUT2D eigenvalue weighted by Gasteiger charge is 2.28. The lowest BCUT2D eigenvalue weighted by molar-refractivity contribution is 0.0723. The summed E-state index contributed by atoms with van der Waals surface area (Å²) in [6, 6.07) is 5.83. The van der Waals surface area contributed by atoms with Gasteiger partial charge < -0.3 is 5.11 Å². The first-order valence-electron chi connectivity index (χ1n) is 6.68. The third-order valence-corrected chi connectivity index (χ3v) is 4.37. The zero-order chi connectivity index (χ0) is 13.3. The Kier molecular flexibility index (Phi) is 4.18. The van der Waals surface area contributed by atoms with Gasteiger partial charge in [0.15, 0.2) is 0 Å². The van der Waals surface area contributed by atoms with Crippen molar-refractivity contribution in [2.45, 2.75) is 39.8 Å². The summed E-state index contributed by atoms with van der Waals surface area (Å²) in [6.07, 6.45) is 1.29. The Morgan fingerprint density at radius 2 is 2.06 bits per heavy atom. The Balaban J connectivity index is 2.14. The SMILES string of the molecule is CC1CC(C)C(C)N(Cc2cc(Cl)ccc2O)C1. The zero-order valence-electron chi connectivity index (χ0n) is 11.4. The normalized spacial score (nSPS) is 29.4. The first-order chi connectivity index (χ1) is 8.47. The molecule has 3 atom stereocenters. The molecule has 0 spiro atoms. The largest absolute Gasteiger partial charge is 0.508 e. The van der Waals surface area contributed by atoms with Crippen LogP contribution in [0.2, 0.25) is 5.02 Å². The number of halogens is 1. The van der Waals surface area contributed by atoms with Gasteiger partial charge in [0.05, 0.1) is 0 Å². The van der Waals surface area contributed by atoms with Crippen LogP contribution in [0.5, 0.6) is 5.75 Å². The summed E-state index contributed by atoms with van der Waals surface area (Å²) >= 11 is 6.00. The van der Waals surface area contributed by atoms with Gasteiger partial charge >= 0.3 is 0 Å². The van der Waals surface area contributed by atoms with E-state index in [1.54, 1.807) is 12.1 Å². The monoisotopic (exact) mass is 267 g/mol. The second-order valence-electron chi connectivity index (χ2n) is 5.76. The van der Waals surface area contributed by atoms with Crippen LogP contribution in [0.25, 0.3) is 0 Å². The molecule has 0 saturated carbocycles. The molecule has 100 valence electrons. The van der Waals surface area contributed by atoms with Crippen molar-refractivity contribution in [3.8, 4) is 5.75 Å². The van der Waals surface area contributed by atoms with Crippen molar-refractivity contribution in [1.82, 2.24) is 4.90 Å². The summed E-state index contributed by atoms with van der Waals surface area (Å²) in [4.78, 5) is 2.45. The van der Waals surface area contributed by atoms with Crippen molar-refractivity contribution in [3.05, 3.63) is 28.8 Å². The van der Waals surface area contributed by atoms with Gasteiger partial charge in [0.2, 0.25) is 0 Å². The molecule has 1 fully saturated rings. The lowest BCUT2D eigenvalue weighted by Crippen LogP contribution is -2.45. The maximum absolute atomic E-state index is 9.90. The summed E-state index contributed by atoms with van der Waals surface area (Å²) < 4.78 is 0. The third kappa shape index (κ3) is 2.99. The fourth-order valence-electron chi connectivity index (χ4n) is 2.94. The van der Waals surface area contributed by atoms with E-state index in [9.17, 15) is 5.11 Å². The Bertz CT molecular complexity index is 421. The van der Waals surface area contributed by atoms with Gasteiger partial charge in [0.1, 0.15) is 5.75 Å². The molecule has 1 aromatic rings. The van der Waals surface area contributed by atoms with Gasteiger partial charge in [0.25, 0.3) is 0 Å². The fourth-order valence-corrected chi connectivity index (χ4v) is 3.14. The molecular formula is C15H22ClNO. The average Bonchev–Trinajstić information content (AvgIpc) is 2.30. The number of nitrogens with zero attached hydrogens (tertiary/aromatic N) is 1. The van der Waals surface area contributed by atoms with E-state index < -0.39 is 0 Å². The molecule has 0 bridgehead atoms. The molecule has 1 aliphatic rings. The summed E-state index contributed by atoms with van der Waals surface area (Å²) in [5.41, 5.74) is 0.927. The molecule has 3 unspecified atom stereocenters. The fraction of sp³-hybridized carbons (Fsp3) is 0.600. The van der Waals surface area contributed by atoms with Crippen molar-refractivity contribution in [1.29, 1.82) is 0 Å². The van der Waals surface area contributed by atoms with Gasteiger partial charge in [-0.25, -0.2) is 0 Å². The van der Waals surface area contributed by atoms with Crippen LogP contribution in [0, 0.1) is 11.8 Å². The average molecular weight is 268 g/mol. The molecule has 0 aromatic heterocycles. The first-order valence-corrected chi connectivity index (χ1v) is 7.06. The molecule has 2 nitrogen and oxygen atoms in total. The van der Waals surface area contributed by atoms with Gasteiger partial charge in [-0.05, 0) is 43.4 Å². The van der Waals surface area contributed by atoms with E-state index in [-0.39, 0.29) is 0 Å². The van der Waals surface area contributed by atoms with Crippen LogP contribution in [0.15, 0.2) is 18.2 Å². The smallest absolute Gasteiger partial charge is 0.120 e. The Morgan fingerprint density at radius 3 is 2.78 bits per heavy atom. The number of piperidine rings is 1. The number of hydrogen-bond donors (Lipinski definition) is 1. The van der Waals surface area contributed by atoms with Crippen LogP contribution in [0.1, 0.15) is 32.8 Å². The standard InChI is InChI=1S/C15H22ClNO/c1-10-6-11(2)12(3)17(8-10)9-13-7-14(16)4-5-15(13)18/h4-5,7,10-12,18H,6,8-9H2,1-3H3. The molecule has 1 N–H and O–H groups in total. The molecule has 0 aliphatic carbocycles. The second-order valence-corrected chi connectivity index (χ2v) is 6.20. The van der Waals surface area contributed by atoms with Crippen molar-refractivity contribution < 1.29 is 5.11 Å². The van der Waals surface area contributed by atoms with E-state index in [1.807, 2.05) is 6.07 Å². The van der Waals surface area contributed by atoms with Crippen LogP contribution >= 0.6 is 11.6 Å².